The van der Waals surface area contributed by atoms with Crippen LogP contribution in [-0.4, -0.2) is 27.9 Å². The van der Waals surface area contributed by atoms with E-state index in [1.165, 1.54) is 25.0 Å². The third-order valence-electron chi connectivity index (χ3n) is 5.49. The minimum Gasteiger partial charge on any atom is -0.481 e. The van der Waals surface area contributed by atoms with Crippen molar-refractivity contribution in [2.45, 2.75) is 42.4 Å². The zero-order valence-electron chi connectivity index (χ0n) is 15.3. The van der Waals surface area contributed by atoms with E-state index in [1.54, 1.807) is 24.0 Å². The molecule has 0 bridgehead atoms. The van der Waals surface area contributed by atoms with E-state index in [0.717, 1.165) is 23.4 Å². The van der Waals surface area contributed by atoms with E-state index in [0.29, 0.717) is 17.2 Å². The molecule has 7 heteroatoms. The van der Waals surface area contributed by atoms with Gasteiger partial charge in [-0.05, 0) is 48.9 Å². The molecule has 2 aliphatic carbocycles. The van der Waals surface area contributed by atoms with Gasteiger partial charge in [-0.25, -0.2) is 13.8 Å². The van der Waals surface area contributed by atoms with E-state index in [-0.39, 0.29) is 18.2 Å². The molecule has 2 fully saturated rings. The molecule has 0 radical (unpaired) electrons. The maximum Gasteiger partial charge on any atom is 0.306 e. The third kappa shape index (κ3) is 4.14. The lowest BCUT2D eigenvalue weighted by atomic mass is 10.1. The largest absolute Gasteiger partial charge is 0.481 e. The molecule has 28 heavy (non-hydrogen) atoms. The number of carboxylic acid groups (broad SMARTS) is 1. The molecule has 2 unspecified atom stereocenters. The summed E-state index contributed by atoms with van der Waals surface area (Å²) in [6, 6.07) is 6.26. The Hall–Kier alpha value is -2.15. The smallest absolute Gasteiger partial charge is 0.306 e. The summed E-state index contributed by atoms with van der Waals surface area (Å²) >= 11 is 1.69. The number of aliphatic carboxylic acids is 1. The number of benzene rings is 1. The van der Waals surface area contributed by atoms with E-state index < -0.39 is 23.5 Å². The molecule has 2 N–H and O–H groups in total. The monoisotopic (exact) mass is 404 g/mol. The van der Waals surface area contributed by atoms with Gasteiger partial charge in [-0.2, -0.15) is 0 Å². The maximum atomic E-state index is 14.6. The van der Waals surface area contributed by atoms with Crippen molar-refractivity contribution in [2.75, 3.05) is 11.9 Å². The zero-order chi connectivity index (χ0) is 19.7. The predicted molar refractivity (Wildman–Crippen MR) is 105 cm³/mol. The van der Waals surface area contributed by atoms with Crippen molar-refractivity contribution in [3.63, 3.8) is 0 Å². The van der Waals surface area contributed by atoms with Crippen LogP contribution in [-0.2, 0) is 4.79 Å². The number of halogens is 2. The van der Waals surface area contributed by atoms with Crippen LogP contribution in [0.5, 0.6) is 0 Å². The molecule has 1 heterocycles. The average molecular weight is 404 g/mol. The number of nitrogens with one attached hydrogen (secondary N) is 1. The number of nitrogens with zero attached hydrogens (tertiary/aromatic N) is 1. The SMILES string of the molecule is O=C(O)C1CC1CNc1c(F)cc(-c2cccnc2SC2CCCC2)cc1F. The molecule has 0 amide bonds. The molecule has 1 aromatic carbocycles. The van der Waals surface area contributed by atoms with Gasteiger partial charge in [-0.15, -0.1) is 11.8 Å². The summed E-state index contributed by atoms with van der Waals surface area (Å²) < 4.78 is 29.2. The molecule has 4 nitrogen and oxygen atoms in total. The molecule has 4 rings (SSSR count). The van der Waals surface area contributed by atoms with E-state index >= 15 is 0 Å². The lowest BCUT2D eigenvalue weighted by Crippen LogP contribution is -2.11. The number of anilines is 1. The van der Waals surface area contributed by atoms with Gasteiger partial charge < -0.3 is 10.4 Å². The third-order valence-corrected chi connectivity index (χ3v) is 6.84. The normalized spacial score (nSPS) is 21.6. The molecular weight excluding hydrogens is 382 g/mol. The summed E-state index contributed by atoms with van der Waals surface area (Å²) in [5.41, 5.74) is 0.995. The molecule has 0 aliphatic heterocycles. The van der Waals surface area contributed by atoms with Crippen molar-refractivity contribution < 1.29 is 18.7 Å². The minimum atomic E-state index is -0.855. The second-order valence-electron chi connectivity index (χ2n) is 7.52. The van der Waals surface area contributed by atoms with Crippen LogP contribution in [0.2, 0.25) is 0 Å². The number of hydrogen-bond donors (Lipinski definition) is 2. The summed E-state index contributed by atoms with van der Waals surface area (Å²) in [6.07, 6.45) is 6.97. The fourth-order valence-electron chi connectivity index (χ4n) is 3.77. The molecule has 1 aromatic heterocycles. The summed E-state index contributed by atoms with van der Waals surface area (Å²) in [5.74, 6) is -2.70. The van der Waals surface area contributed by atoms with Crippen LogP contribution in [0.4, 0.5) is 14.5 Å². The molecule has 2 aromatic rings. The van der Waals surface area contributed by atoms with E-state index in [2.05, 4.69) is 10.3 Å². The molecule has 2 saturated carbocycles. The molecule has 0 spiro atoms. The highest BCUT2D eigenvalue weighted by Gasteiger charge is 2.42. The van der Waals surface area contributed by atoms with Gasteiger partial charge in [0, 0.05) is 23.6 Å². The summed E-state index contributed by atoms with van der Waals surface area (Å²) in [4.78, 5) is 15.3. The number of pyridine rings is 1. The summed E-state index contributed by atoms with van der Waals surface area (Å²) in [6.45, 7) is 0.250. The highest BCUT2D eigenvalue weighted by Crippen LogP contribution is 2.40. The Morgan fingerprint density at radius 3 is 2.61 bits per heavy atom. The molecular formula is C21H22F2N2O2S. The van der Waals surface area contributed by atoms with Crippen LogP contribution in [0.3, 0.4) is 0 Å². The highest BCUT2D eigenvalue weighted by atomic mass is 32.2. The molecule has 2 atom stereocenters. The molecule has 148 valence electrons. The van der Waals surface area contributed by atoms with Gasteiger partial charge in [0.05, 0.1) is 5.92 Å². The van der Waals surface area contributed by atoms with E-state index in [9.17, 15) is 13.6 Å². The zero-order valence-corrected chi connectivity index (χ0v) is 16.1. The number of thioether (sulfide) groups is 1. The second-order valence-corrected chi connectivity index (χ2v) is 8.81. The molecule has 0 saturated heterocycles. The lowest BCUT2D eigenvalue weighted by Gasteiger charge is -2.14. The topological polar surface area (TPSA) is 62.2 Å². The number of hydrogen-bond acceptors (Lipinski definition) is 4. The maximum absolute atomic E-state index is 14.6. The first kappa shape index (κ1) is 19.2. The van der Waals surface area contributed by atoms with Crippen molar-refractivity contribution in [3.8, 4) is 11.1 Å². The number of carboxylic acids is 1. The lowest BCUT2D eigenvalue weighted by molar-refractivity contribution is -0.138. The molecule has 2 aliphatic rings. The van der Waals surface area contributed by atoms with Crippen molar-refractivity contribution in [1.29, 1.82) is 0 Å². The van der Waals surface area contributed by atoms with E-state index in [4.69, 9.17) is 5.11 Å². The fourth-order valence-corrected chi connectivity index (χ4v) is 5.09. The fraction of sp³-hybridized carbons (Fsp3) is 0.429. The summed E-state index contributed by atoms with van der Waals surface area (Å²) in [7, 11) is 0. The van der Waals surface area contributed by atoms with Crippen molar-refractivity contribution in [3.05, 3.63) is 42.1 Å². The van der Waals surface area contributed by atoms with Crippen molar-refractivity contribution in [2.24, 2.45) is 11.8 Å². The van der Waals surface area contributed by atoms with Gasteiger partial charge in [0.2, 0.25) is 0 Å². The Kier molecular flexibility index (Phi) is 5.53. The first-order chi connectivity index (χ1) is 13.5. The van der Waals surface area contributed by atoms with Crippen LogP contribution in [0.25, 0.3) is 11.1 Å². The Bertz CT molecular complexity index is 863. The number of carbonyl (C=O) groups is 1. The predicted octanol–water partition coefficient (Wildman–Crippen LogP) is 5.19. The Balaban J connectivity index is 1.52. The Morgan fingerprint density at radius 1 is 1.25 bits per heavy atom. The first-order valence-corrected chi connectivity index (χ1v) is 10.5. The van der Waals surface area contributed by atoms with Gasteiger partial charge in [0.25, 0.3) is 0 Å². The summed E-state index contributed by atoms with van der Waals surface area (Å²) in [5, 5.41) is 13.0. The van der Waals surface area contributed by atoms with Crippen LogP contribution >= 0.6 is 11.8 Å². The van der Waals surface area contributed by atoms with Crippen molar-refractivity contribution in [1.82, 2.24) is 4.98 Å². The van der Waals surface area contributed by atoms with Crippen molar-refractivity contribution >= 4 is 23.4 Å². The minimum absolute atomic E-state index is 0.0799. The van der Waals surface area contributed by atoms with Gasteiger partial charge >= 0.3 is 5.97 Å². The van der Waals surface area contributed by atoms with Crippen LogP contribution in [0.15, 0.2) is 35.5 Å². The Labute approximate surface area is 166 Å². The van der Waals surface area contributed by atoms with Crippen LogP contribution in [0, 0.1) is 23.5 Å². The number of aromatic nitrogens is 1. The first-order valence-electron chi connectivity index (χ1n) is 9.60. The standard InChI is InChI=1S/C21H22F2N2O2S/c22-17-9-12(10-18(23)19(17)25-11-13-8-16(13)21(26)27)15-6-3-7-24-20(15)28-14-4-1-2-5-14/h3,6-7,9-10,13-14,16,25H,1-2,4-5,8,11H2,(H,26,27). The highest BCUT2D eigenvalue weighted by molar-refractivity contribution is 8.00. The van der Waals surface area contributed by atoms with Gasteiger partial charge in [0.15, 0.2) is 0 Å². The Morgan fingerprint density at radius 2 is 1.96 bits per heavy atom. The van der Waals surface area contributed by atoms with Crippen LogP contribution < -0.4 is 5.32 Å². The van der Waals surface area contributed by atoms with E-state index in [1.807, 2.05) is 6.07 Å². The van der Waals surface area contributed by atoms with Gasteiger partial charge in [-0.3, -0.25) is 4.79 Å². The second kappa shape index (κ2) is 8.07. The van der Waals surface area contributed by atoms with Gasteiger partial charge in [0.1, 0.15) is 22.3 Å². The van der Waals surface area contributed by atoms with Gasteiger partial charge in [-0.1, -0.05) is 18.9 Å². The van der Waals surface area contributed by atoms with Crippen LogP contribution in [0.1, 0.15) is 32.1 Å². The average Bonchev–Trinajstić information content (AvgIpc) is 3.27. The quantitative estimate of drug-likeness (QED) is 0.665. The number of rotatable bonds is 7.